The van der Waals surface area contributed by atoms with E-state index in [1.54, 1.807) is 24.3 Å². The van der Waals surface area contributed by atoms with E-state index < -0.39 is 32.3 Å². The van der Waals surface area contributed by atoms with Crippen molar-refractivity contribution < 1.29 is 26.8 Å². The molecule has 0 unspecified atom stereocenters. The van der Waals surface area contributed by atoms with E-state index >= 15 is 0 Å². The van der Waals surface area contributed by atoms with E-state index in [-0.39, 0.29) is 12.5 Å². The summed E-state index contributed by atoms with van der Waals surface area (Å²) in [6.07, 6.45) is 0. The molecule has 0 saturated carbocycles. The predicted octanol–water partition coefficient (Wildman–Crippen LogP) is 1.97. The van der Waals surface area contributed by atoms with E-state index in [0.29, 0.717) is 11.1 Å². The maximum Gasteiger partial charge on any atom is 0.341 e. The molecular formula is C15H11FN2O5S. The Morgan fingerprint density at radius 2 is 2.00 bits per heavy atom. The summed E-state index contributed by atoms with van der Waals surface area (Å²) < 4.78 is 46.6. The van der Waals surface area contributed by atoms with Crippen LogP contribution in [0.25, 0.3) is 11.1 Å². The molecule has 0 atom stereocenters. The fourth-order valence-corrected chi connectivity index (χ4v) is 2.56. The van der Waals surface area contributed by atoms with Gasteiger partial charge >= 0.3 is 5.97 Å². The van der Waals surface area contributed by atoms with Gasteiger partial charge in [0, 0.05) is 0 Å². The molecule has 0 radical (unpaired) electrons. The van der Waals surface area contributed by atoms with Crippen molar-refractivity contribution in [3.8, 4) is 0 Å². The second-order valence-electron chi connectivity index (χ2n) is 4.84. The summed E-state index contributed by atoms with van der Waals surface area (Å²) >= 11 is 0. The van der Waals surface area contributed by atoms with Crippen molar-refractivity contribution in [1.29, 1.82) is 0 Å². The van der Waals surface area contributed by atoms with Crippen molar-refractivity contribution in [2.75, 3.05) is 0 Å². The van der Waals surface area contributed by atoms with Crippen LogP contribution in [-0.4, -0.2) is 19.4 Å². The molecular weight excluding hydrogens is 339 g/mol. The summed E-state index contributed by atoms with van der Waals surface area (Å²) in [5.41, 5.74) is 0.564. The van der Waals surface area contributed by atoms with E-state index in [2.05, 4.69) is 4.98 Å². The Labute approximate surface area is 135 Å². The third kappa shape index (κ3) is 3.26. The van der Waals surface area contributed by atoms with Crippen LogP contribution in [0.4, 0.5) is 4.39 Å². The van der Waals surface area contributed by atoms with Crippen molar-refractivity contribution in [3.63, 3.8) is 0 Å². The SMILES string of the molecule is NS(=O)(=O)c1ccc(F)c(C(=O)OCc2nc3ccccc3o2)c1. The number of rotatable bonds is 4. The molecule has 3 rings (SSSR count). The number of halogens is 1. The number of hydrogen-bond acceptors (Lipinski definition) is 6. The lowest BCUT2D eigenvalue weighted by molar-refractivity contribution is 0.0434. The minimum absolute atomic E-state index is 0.132. The number of fused-ring (bicyclic) bond motifs is 1. The first kappa shape index (κ1) is 16.1. The molecule has 2 N–H and O–H groups in total. The van der Waals surface area contributed by atoms with E-state index in [0.717, 1.165) is 18.2 Å². The first-order valence-corrected chi connectivity index (χ1v) is 8.23. The predicted molar refractivity (Wildman–Crippen MR) is 80.9 cm³/mol. The van der Waals surface area contributed by atoms with Gasteiger partial charge in [0.15, 0.2) is 12.2 Å². The summed E-state index contributed by atoms with van der Waals surface area (Å²) in [6, 6.07) is 9.56. The zero-order valence-corrected chi connectivity index (χ0v) is 12.9. The number of hydrogen-bond donors (Lipinski definition) is 1. The Morgan fingerprint density at radius 1 is 1.25 bits per heavy atom. The van der Waals surface area contributed by atoms with Crippen molar-refractivity contribution in [1.82, 2.24) is 4.98 Å². The van der Waals surface area contributed by atoms with Crippen LogP contribution >= 0.6 is 0 Å². The van der Waals surface area contributed by atoms with Gasteiger partial charge in [0.05, 0.1) is 10.5 Å². The highest BCUT2D eigenvalue weighted by molar-refractivity contribution is 7.89. The fourth-order valence-electron chi connectivity index (χ4n) is 2.02. The summed E-state index contributed by atoms with van der Waals surface area (Å²) in [5, 5.41) is 4.96. The van der Waals surface area contributed by atoms with Crippen LogP contribution in [0.15, 0.2) is 51.8 Å². The number of aromatic nitrogens is 1. The van der Waals surface area contributed by atoms with E-state index in [1.807, 2.05) is 0 Å². The Balaban J connectivity index is 1.79. The smallest absolute Gasteiger partial charge is 0.341 e. The highest BCUT2D eigenvalue weighted by Crippen LogP contribution is 2.18. The van der Waals surface area contributed by atoms with Crippen LogP contribution in [0.1, 0.15) is 16.2 Å². The molecule has 0 saturated heterocycles. The molecule has 2 aromatic carbocycles. The second kappa shape index (κ2) is 6.02. The van der Waals surface area contributed by atoms with E-state index in [9.17, 15) is 17.6 Å². The van der Waals surface area contributed by atoms with Crippen LogP contribution < -0.4 is 5.14 Å². The maximum atomic E-state index is 13.7. The van der Waals surface area contributed by atoms with Gasteiger partial charge < -0.3 is 9.15 Å². The van der Waals surface area contributed by atoms with Crippen molar-refractivity contribution in [3.05, 3.63) is 59.7 Å². The van der Waals surface area contributed by atoms with Crippen LogP contribution in [0.3, 0.4) is 0 Å². The van der Waals surface area contributed by atoms with Gasteiger partial charge in [-0.1, -0.05) is 12.1 Å². The number of nitrogens with zero attached hydrogens (tertiary/aromatic N) is 1. The van der Waals surface area contributed by atoms with E-state index in [1.165, 1.54) is 0 Å². The van der Waals surface area contributed by atoms with Crippen LogP contribution in [0, 0.1) is 5.82 Å². The second-order valence-corrected chi connectivity index (χ2v) is 6.40. The minimum Gasteiger partial charge on any atom is -0.452 e. The molecule has 0 aliphatic rings. The summed E-state index contributed by atoms with van der Waals surface area (Å²) in [6.45, 7) is -0.327. The number of primary sulfonamides is 1. The van der Waals surface area contributed by atoms with Gasteiger partial charge in [-0.05, 0) is 30.3 Å². The Morgan fingerprint density at radius 3 is 2.71 bits per heavy atom. The molecule has 9 heteroatoms. The largest absolute Gasteiger partial charge is 0.452 e. The van der Waals surface area contributed by atoms with Gasteiger partial charge in [0.25, 0.3) is 0 Å². The average molecular weight is 350 g/mol. The van der Waals surface area contributed by atoms with Gasteiger partial charge in [0.1, 0.15) is 11.3 Å². The molecule has 0 aliphatic heterocycles. The number of ether oxygens (including phenoxy) is 1. The topological polar surface area (TPSA) is 112 Å². The number of sulfonamides is 1. The first-order valence-electron chi connectivity index (χ1n) is 6.68. The van der Waals surface area contributed by atoms with Gasteiger partial charge in [-0.15, -0.1) is 0 Å². The molecule has 0 spiro atoms. The lowest BCUT2D eigenvalue weighted by Crippen LogP contribution is -2.14. The molecule has 0 aliphatic carbocycles. The van der Waals surface area contributed by atoms with Crippen molar-refractivity contribution in [2.45, 2.75) is 11.5 Å². The summed E-state index contributed by atoms with van der Waals surface area (Å²) in [5.74, 6) is -1.85. The standard InChI is InChI=1S/C15H11FN2O5S/c16-11-6-5-9(24(17,20)21)7-10(11)15(19)22-8-14-18-12-3-1-2-4-13(12)23-14/h1-7H,8H2,(H2,17,20,21). The zero-order valence-electron chi connectivity index (χ0n) is 12.1. The Bertz CT molecular complexity index is 996. The molecule has 24 heavy (non-hydrogen) atoms. The number of esters is 1. The number of para-hydroxylation sites is 2. The highest BCUT2D eigenvalue weighted by Gasteiger charge is 2.19. The van der Waals surface area contributed by atoms with Crippen LogP contribution in [0.2, 0.25) is 0 Å². The lowest BCUT2D eigenvalue weighted by atomic mass is 10.2. The molecule has 1 aromatic heterocycles. The summed E-state index contributed by atoms with van der Waals surface area (Å²) in [4.78, 5) is 15.7. The number of benzene rings is 2. The van der Waals surface area contributed by atoms with Crippen LogP contribution in [0.5, 0.6) is 0 Å². The number of oxazole rings is 1. The van der Waals surface area contributed by atoms with E-state index in [4.69, 9.17) is 14.3 Å². The molecule has 7 nitrogen and oxygen atoms in total. The molecule has 124 valence electrons. The lowest BCUT2D eigenvalue weighted by Gasteiger charge is -2.05. The maximum absolute atomic E-state index is 13.7. The molecule has 3 aromatic rings. The van der Waals surface area contributed by atoms with Crippen LogP contribution in [-0.2, 0) is 21.4 Å². The third-order valence-corrected chi connectivity index (χ3v) is 4.06. The summed E-state index contributed by atoms with van der Waals surface area (Å²) in [7, 11) is -4.07. The van der Waals surface area contributed by atoms with Crippen molar-refractivity contribution in [2.24, 2.45) is 5.14 Å². The van der Waals surface area contributed by atoms with Gasteiger partial charge in [0.2, 0.25) is 15.9 Å². The Hall–Kier alpha value is -2.78. The third-order valence-electron chi connectivity index (χ3n) is 3.15. The molecule has 0 amide bonds. The highest BCUT2D eigenvalue weighted by atomic mass is 32.2. The number of carbonyl (C=O) groups is 1. The van der Waals surface area contributed by atoms with Gasteiger partial charge in [-0.25, -0.2) is 27.7 Å². The van der Waals surface area contributed by atoms with Crippen molar-refractivity contribution >= 4 is 27.1 Å². The minimum atomic E-state index is -4.07. The van der Waals surface area contributed by atoms with Gasteiger partial charge in [-0.2, -0.15) is 0 Å². The zero-order chi connectivity index (χ0) is 17.3. The normalized spacial score (nSPS) is 11.6. The number of nitrogens with two attached hydrogens (primary N) is 1. The molecule has 0 bridgehead atoms. The number of carbonyl (C=O) groups excluding carboxylic acids is 1. The fraction of sp³-hybridized carbons (Fsp3) is 0.0667. The first-order chi connectivity index (χ1) is 11.3. The monoisotopic (exact) mass is 350 g/mol. The van der Waals surface area contributed by atoms with Gasteiger partial charge in [-0.3, -0.25) is 0 Å². The average Bonchev–Trinajstić information content (AvgIpc) is 2.94. The molecule has 1 heterocycles. The quantitative estimate of drug-likeness (QED) is 0.720. The molecule has 0 fully saturated rings. The Kier molecular flexibility index (Phi) is 4.04.